The lowest BCUT2D eigenvalue weighted by Crippen LogP contribution is -2.23. The van der Waals surface area contributed by atoms with Gasteiger partial charge in [-0.2, -0.15) is 8.78 Å². The number of alkyl halides is 2. The van der Waals surface area contributed by atoms with Gasteiger partial charge in [-0.3, -0.25) is 4.79 Å². The average Bonchev–Trinajstić information content (AvgIpc) is 2.69. The predicted octanol–water partition coefficient (Wildman–Crippen LogP) is 1.34. The van der Waals surface area contributed by atoms with E-state index in [9.17, 15) is 13.6 Å². The van der Waals surface area contributed by atoms with Crippen LogP contribution in [0.15, 0.2) is 0 Å². The summed E-state index contributed by atoms with van der Waals surface area (Å²) >= 11 is 0. The molecular weight excluding hydrogens is 170 g/mol. The molecule has 0 heterocycles. The van der Waals surface area contributed by atoms with Crippen LogP contribution in [0.1, 0.15) is 12.8 Å². The molecule has 3 nitrogen and oxygen atoms in total. The largest absolute Gasteiger partial charge is 0.481 e. The van der Waals surface area contributed by atoms with E-state index >= 15 is 0 Å². The number of aliphatic carboxylic acids is 1. The van der Waals surface area contributed by atoms with Crippen LogP contribution in [0.2, 0.25) is 0 Å². The molecule has 1 fully saturated rings. The van der Waals surface area contributed by atoms with E-state index in [0.717, 1.165) is 12.8 Å². The first-order valence-electron chi connectivity index (χ1n) is 3.74. The standard InChI is InChI=1S/C7H10F2O3/c8-7(9)12-3-5(6(10)11)4-1-2-4/h4-5,7H,1-3H2,(H,10,11). The lowest BCUT2D eigenvalue weighted by Gasteiger charge is -2.10. The van der Waals surface area contributed by atoms with Crippen molar-refractivity contribution in [2.75, 3.05) is 6.61 Å². The first-order chi connectivity index (χ1) is 5.61. The molecule has 5 heteroatoms. The molecule has 12 heavy (non-hydrogen) atoms. The smallest absolute Gasteiger partial charge is 0.345 e. The van der Waals surface area contributed by atoms with Crippen molar-refractivity contribution in [3.8, 4) is 0 Å². The molecule has 1 atom stereocenters. The van der Waals surface area contributed by atoms with Gasteiger partial charge in [0.25, 0.3) is 0 Å². The number of rotatable bonds is 5. The van der Waals surface area contributed by atoms with E-state index in [4.69, 9.17) is 5.11 Å². The van der Waals surface area contributed by atoms with Crippen molar-refractivity contribution in [1.29, 1.82) is 0 Å². The third-order valence-electron chi connectivity index (χ3n) is 1.91. The van der Waals surface area contributed by atoms with Crippen LogP contribution in [0.3, 0.4) is 0 Å². The zero-order chi connectivity index (χ0) is 9.14. The number of halogens is 2. The normalized spacial score (nSPS) is 19.6. The van der Waals surface area contributed by atoms with Gasteiger partial charge in [-0.15, -0.1) is 0 Å². The van der Waals surface area contributed by atoms with Gasteiger partial charge in [0.1, 0.15) is 0 Å². The molecule has 1 saturated carbocycles. The zero-order valence-corrected chi connectivity index (χ0v) is 6.37. The molecule has 0 spiro atoms. The Kier molecular flexibility index (Phi) is 2.97. The van der Waals surface area contributed by atoms with Gasteiger partial charge >= 0.3 is 12.6 Å². The van der Waals surface area contributed by atoms with Crippen LogP contribution in [-0.2, 0) is 9.53 Å². The first-order valence-corrected chi connectivity index (χ1v) is 3.74. The van der Waals surface area contributed by atoms with E-state index in [-0.39, 0.29) is 12.5 Å². The molecule has 0 amide bonds. The van der Waals surface area contributed by atoms with Crippen LogP contribution >= 0.6 is 0 Å². The maximum atomic E-state index is 11.5. The van der Waals surface area contributed by atoms with Gasteiger partial charge in [-0.05, 0) is 18.8 Å². The van der Waals surface area contributed by atoms with Crippen LogP contribution < -0.4 is 0 Å². The van der Waals surface area contributed by atoms with Crippen molar-refractivity contribution in [3.63, 3.8) is 0 Å². The van der Waals surface area contributed by atoms with Crippen LogP contribution in [0.4, 0.5) is 8.78 Å². The topological polar surface area (TPSA) is 46.5 Å². The summed E-state index contributed by atoms with van der Waals surface area (Å²) in [4.78, 5) is 10.5. The van der Waals surface area contributed by atoms with Gasteiger partial charge < -0.3 is 9.84 Å². The minimum Gasteiger partial charge on any atom is -0.481 e. The minimum atomic E-state index is -2.87. The Labute approximate surface area is 68.3 Å². The van der Waals surface area contributed by atoms with E-state index in [1.807, 2.05) is 0 Å². The second-order valence-electron chi connectivity index (χ2n) is 2.88. The Morgan fingerprint density at radius 1 is 1.58 bits per heavy atom. The summed E-state index contributed by atoms with van der Waals surface area (Å²) in [6, 6.07) is 0. The van der Waals surface area contributed by atoms with Gasteiger partial charge in [-0.1, -0.05) is 0 Å². The van der Waals surface area contributed by atoms with Crippen LogP contribution in [0.5, 0.6) is 0 Å². The number of hydrogen-bond donors (Lipinski definition) is 1. The molecule has 1 rings (SSSR count). The maximum Gasteiger partial charge on any atom is 0.345 e. The molecule has 0 aromatic carbocycles. The maximum absolute atomic E-state index is 11.5. The van der Waals surface area contributed by atoms with Crippen molar-refractivity contribution < 1.29 is 23.4 Å². The molecule has 0 aromatic rings. The average molecular weight is 180 g/mol. The highest BCUT2D eigenvalue weighted by molar-refractivity contribution is 5.70. The quantitative estimate of drug-likeness (QED) is 0.694. The Bertz CT molecular complexity index is 168. The van der Waals surface area contributed by atoms with Crippen LogP contribution in [-0.4, -0.2) is 24.3 Å². The highest BCUT2D eigenvalue weighted by Crippen LogP contribution is 2.37. The summed E-state index contributed by atoms with van der Waals surface area (Å²) in [5.41, 5.74) is 0. The van der Waals surface area contributed by atoms with E-state index in [1.165, 1.54) is 0 Å². The van der Waals surface area contributed by atoms with Crippen LogP contribution in [0, 0.1) is 11.8 Å². The molecular formula is C7H10F2O3. The van der Waals surface area contributed by atoms with Gasteiger partial charge in [-0.25, -0.2) is 0 Å². The zero-order valence-electron chi connectivity index (χ0n) is 6.37. The highest BCUT2D eigenvalue weighted by atomic mass is 19.3. The van der Waals surface area contributed by atoms with E-state index in [2.05, 4.69) is 4.74 Å². The van der Waals surface area contributed by atoms with E-state index < -0.39 is 18.5 Å². The molecule has 1 N–H and O–H groups in total. The lowest BCUT2D eigenvalue weighted by atomic mass is 10.1. The van der Waals surface area contributed by atoms with E-state index in [0.29, 0.717) is 0 Å². The molecule has 1 aliphatic rings. The second kappa shape index (κ2) is 3.80. The summed E-state index contributed by atoms with van der Waals surface area (Å²) in [6.45, 7) is -3.25. The molecule has 1 unspecified atom stereocenters. The molecule has 0 bridgehead atoms. The third-order valence-corrected chi connectivity index (χ3v) is 1.91. The van der Waals surface area contributed by atoms with Crippen LogP contribution in [0.25, 0.3) is 0 Å². The molecule has 0 aromatic heterocycles. The number of carboxylic acid groups (broad SMARTS) is 1. The molecule has 0 saturated heterocycles. The van der Waals surface area contributed by atoms with Crippen molar-refractivity contribution >= 4 is 5.97 Å². The molecule has 0 radical (unpaired) electrons. The SMILES string of the molecule is O=C(O)C(COC(F)F)C1CC1. The fourth-order valence-electron chi connectivity index (χ4n) is 1.08. The predicted molar refractivity (Wildman–Crippen MR) is 35.8 cm³/mol. The number of ether oxygens (including phenoxy) is 1. The summed E-state index contributed by atoms with van der Waals surface area (Å²) in [5, 5.41) is 8.57. The Hall–Kier alpha value is -0.710. The molecule has 0 aliphatic heterocycles. The third kappa shape index (κ3) is 2.73. The fourth-order valence-corrected chi connectivity index (χ4v) is 1.08. The fraction of sp³-hybridized carbons (Fsp3) is 0.857. The molecule has 1 aliphatic carbocycles. The monoisotopic (exact) mass is 180 g/mol. The van der Waals surface area contributed by atoms with Gasteiger partial charge in [0.05, 0.1) is 12.5 Å². The van der Waals surface area contributed by atoms with Gasteiger partial charge in [0, 0.05) is 0 Å². The minimum absolute atomic E-state index is 0.0428. The van der Waals surface area contributed by atoms with Crippen molar-refractivity contribution in [1.82, 2.24) is 0 Å². The molecule has 70 valence electrons. The Balaban J connectivity index is 2.28. The second-order valence-corrected chi connectivity index (χ2v) is 2.88. The number of carbonyl (C=O) groups is 1. The summed E-state index contributed by atoms with van der Waals surface area (Å²) in [7, 11) is 0. The van der Waals surface area contributed by atoms with Crippen molar-refractivity contribution in [3.05, 3.63) is 0 Å². The highest BCUT2D eigenvalue weighted by Gasteiger charge is 2.36. The number of hydrogen-bond acceptors (Lipinski definition) is 2. The number of carboxylic acids is 1. The van der Waals surface area contributed by atoms with Gasteiger partial charge in [0.2, 0.25) is 0 Å². The van der Waals surface area contributed by atoms with Crippen molar-refractivity contribution in [2.45, 2.75) is 19.5 Å². The lowest BCUT2D eigenvalue weighted by molar-refractivity contribution is -0.160. The van der Waals surface area contributed by atoms with Crippen molar-refractivity contribution in [2.24, 2.45) is 11.8 Å². The summed E-state index contributed by atoms with van der Waals surface area (Å²) < 4.78 is 27.0. The summed E-state index contributed by atoms with van der Waals surface area (Å²) in [5.74, 6) is -1.75. The summed E-state index contributed by atoms with van der Waals surface area (Å²) in [6.07, 6.45) is 1.62. The Morgan fingerprint density at radius 2 is 2.17 bits per heavy atom. The first kappa shape index (κ1) is 9.38. The van der Waals surface area contributed by atoms with Gasteiger partial charge in [0.15, 0.2) is 0 Å². The van der Waals surface area contributed by atoms with E-state index in [1.54, 1.807) is 0 Å². The Morgan fingerprint density at radius 3 is 2.50 bits per heavy atom.